The van der Waals surface area contributed by atoms with Crippen molar-refractivity contribution in [1.82, 2.24) is 30.1 Å². The van der Waals surface area contributed by atoms with Crippen LogP contribution in [0.3, 0.4) is 0 Å². The van der Waals surface area contributed by atoms with E-state index in [-0.39, 0.29) is 35.8 Å². The summed E-state index contributed by atoms with van der Waals surface area (Å²) in [5.41, 5.74) is 2.40. The van der Waals surface area contributed by atoms with Gasteiger partial charge in [0.05, 0.1) is 17.9 Å². The van der Waals surface area contributed by atoms with Gasteiger partial charge in [-0.25, -0.2) is 4.68 Å². The summed E-state index contributed by atoms with van der Waals surface area (Å²) < 4.78 is 7.00. The average Bonchev–Trinajstić information content (AvgIpc) is 3.29. The lowest BCUT2D eigenvalue weighted by Gasteiger charge is -2.30. The molecule has 4 rings (SSSR count). The van der Waals surface area contributed by atoms with E-state index in [9.17, 15) is 5.11 Å². The number of hydrogen-bond acceptors (Lipinski definition) is 7. The molecule has 0 aliphatic carbocycles. The highest BCUT2D eigenvalue weighted by Crippen LogP contribution is 2.29. The molecule has 0 amide bonds. The number of rotatable bonds is 4. The number of benzene rings is 1. The van der Waals surface area contributed by atoms with E-state index in [1.165, 1.54) is 5.56 Å². The van der Waals surface area contributed by atoms with Crippen molar-refractivity contribution in [3.63, 3.8) is 0 Å². The maximum atomic E-state index is 10.3. The van der Waals surface area contributed by atoms with Gasteiger partial charge in [-0.2, -0.15) is 10.1 Å². The Labute approximate surface area is 170 Å². The number of hydrogen-bond donors (Lipinski definition) is 2. The van der Waals surface area contributed by atoms with Crippen LogP contribution in [-0.4, -0.2) is 56.6 Å². The molecule has 1 aliphatic rings. The van der Waals surface area contributed by atoms with Crippen LogP contribution < -0.4 is 5.32 Å². The molecule has 0 saturated carbocycles. The van der Waals surface area contributed by atoms with E-state index in [0.717, 1.165) is 25.3 Å². The lowest BCUT2D eigenvalue weighted by atomic mass is 10.0. The van der Waals surface area contributed by atoms with Crippen LogP contribution >= 0.6 is 12.4 Å². The molecule has 28 heavy (non-hydrogen) atoms. The smallest absolute Gasteiger partial charge is 0.282 e. The second-order valence-electron chi connectivity index (χ2n) is 7.21. The Kier molecular flexibility index (Phi) is 6.02. The number of halogens is 1. The summed E-state index contributed by atoms with van der Waals surface area (Å²) in [6, 6.07) is 8.13. The summed E-state index contributed by atoms with van der Waals surface area (Å²) in [4.78, 5) is 6.64. The third kappa shape index (κ3) is 3.89. The molecule has 1 unspecified atom stereocenters. The van der Waals surface area contributed by atoms with Gasteiger partial charge in [0.2, 0.25) is 0 Å². The Morgan fingerprint density at radius 3 is 2.68 bits per heavy atom. The third-order valence-corrected chi connectivity index (χ3v) is 4.97. The largest absolute Gasteiger partial charge is 0.504 e. The minimum absolute atomic E-state index is 0. The van der Waals surface area contributed by atoms with Gasteiger partial charge in [0.1, 0.15) is 0 Å². The van der Waals surface area contributed by atoms with Crippen molar-refractivity contribution >= 4 is 12.4 Å². The fourth-order valence-corrected chi connectivity index (χ4v) is 3.22. The van der Waals surface area contributed by atoms with Crippen molar-refractivity contribution < 1.29 is 9.63 Å². The van der Waals surface area contributed by atoms with Crippen LogP contribution in [-0.2, 0) is 0 Å². The maximum absolute atomic E-state index is 10.3. The Balaban J connectivity index is 0.00000225. The zero-order valence-corrected chi connectivity index (χ0v) is 17.0. The van der Waals surface area contributed by atoms with Gasteiger partial charge in [0.15, 0.2) is 17.3 Å². The summed E-state index contributed by atoms with van der Waals surface area (Å²) in [5, 5.41) is 22.2. The number of aromatic nitrogens is 4. The van der Waals surface area contributed by atoms with Crippen molar-refractivity contribution in [2.45, 2.75) is 25.8 Å². The van der Waals surface area contributed by atoms with Gasteiger partial charge in [-0.1, -0.05) is 31.1 Å². The van der Waals surface area contributed by atoms with Crippen LogP contribution in [0.2, 0.25) is 0 Å². The van der Waals surface area contributed by atoms with E-state index in [1.807, 2.05) is 19.2 Å². The minimum atomic E-state index is 0. The van der Waals surface area contributed by atoms with Gasteiger partial charge in [0.25, 0.3) is 5.89 Å². The molecule has 1 aromatic carbocycles. The van der Waals surface area contributed by atoms with Crippen LogP contribution in [0.4, 0.5) is 0 Å². The monoisotopic (exact) mass is 404 g/mol. The van der Waals surface area contributed by atoms with E-state index in [4.69, 9.17) is 4.52 Å². The van der Waals surface area contributed by atoms with Crippen LogP contribution in [0.1, 0.15) is 37.2 Å². The Hall–Kier alpha value is -2.42. The molecule has 150 valence electrons. The summed E-state index contributed by atoms with van der Waals surface area (Å²) in [7, 11) is 2.04. The Morgan fingerprint density at radius 2 is 2.00 bits per heavy atom. The molecule has 0 bridgehead atoms. The second kappa shape index (κ2) is 8.30. The first-order chi connectivity index (χ1) is 13.0. The molecule has 2 N–H and O–H groups in total. The van der Waals surface area contributed by atoms with Crippen LogP contribution in [0.15, 0.2) is 35.0 Å². The lowest BCUT2D eigenvalue weighted by Crippen LogP contribution is -2.44. The third-order valence-electron chi connectivity index (χ3n) is 4.97. The molecule has 9 heteroatoms. The predicted octanol–water partition coefficient (Wildman–Crippen LogP) is 2.75. The van der Waals surface area contributed by atoms with Crippen molar-refractivity contribution in [1.29, 1.82) is 0 Å². The molecular weight excluding hydrogens is 380 g/mol. The zero-order chi connectivity index (χ0) is 19.0. The molecule has 8 nitrogen and oxygen atoms in total. The van der Waals surface area contributed by atoms with Crippen LogP contribution in [0.25, 0.3) is 17.3 Å². The zero-order valence-electron chi connectivity index (χ0n) is 16.2. The van der Waals surface area contributed by atoms with Crippen molar-refractivity contribution in [3.05, 3.63) is 41.9 Å². The predicted molar refractivity (Wildman–Crippen MR) is 108 cm³/mol. The van der Waals surface area contributed by atoms with Crippen molar-refractivity contribution in [2.24, 2.45) is 0 Å². The summed E-state index contributed by atoms with van der Waals surface area (Å²) >= 11 is 0. The normalized spacial score (nSPS) is 17.6. The molecule has 0 radical (unpaired) electrons. The van der Waals surface area contributed by atoms with Gasteiger partial charge in [-0.3, -0.25) is 4.90 Å². The SMILES string of the molecule is CC(C)c1ccc(-n2cc(O)c(-c3nc(C4CNCCN4C)no3)n2)cc1.Cl. The van der Waals surface area contributed by atoms with Gasteiger partial charge < -0.3 is 14.9 Å². The first-order valence-corrected chi connectivity index (χ1v) is 9.17. The fourth-order valence-electron chi connectivity index (χ4n) is 3.22. The van der Waals surface area contributed by atoms with E-state index in [0.29, 0.717) is 11.7 Å². The number of nitrogens with one attached hydrogen (secondary N) is 1. The lowest BCUT2D eigenvalue weighted by molar-refractivity contribution is 0.190. The first kappa shape index (κ1) is 20.3. The summed E-state index contributed by atoms with van der Waals surface area (Å²) in [5.74, 6) is 1.28. The van der Waals surface area contributed by atoms with Crippen molar-refractivity contribution in [3.8, 4) is 23.0 Å². The second-order valence-corrected chi connectivity index (χ2v) is 7.21. The van der Waals surface area contributed by atoms with E-state index < -0.39 is 0 Å². The number of piperazine rings is 1. The average molecular weight is 405 g/mol. The van der Waals surface area contributed by atoms with E-state index >= 15 is 0 Å². The van der Waals surface area contributed by atoms with Gasteiger partial charge in [-0.05, 0) is 30.7 Å². The Bertz CT molecular complexity index is 921. The Morgan fingerprint density at radius 1 is 1.25 bits per heavy atom. The van der Waals surface area contributed by atoms with Crippen LogP contribution in [0, 0.1) is 0 Å². The maximum Gasteiger partial charge on any atom is 0.282 e. The number of likely N-dealkylation sites (N-methyl/N-ethyl adjacent to an activating group) is 1. The molecule has 3 aromatic rings. The minimum Gasteiger partial charge on any atom is -0.504 e. The van der Waals surface area contributed by atoms with Gasteiger partial charge in [0, 0.05) is 19.6 Å². The van der Waals surface area contributed by atoms with Crippen molar-refractivity contribution in [2.75, 3.05) is 26.7 Å². The van der Waals surface area contributed by atoms with Gasteiger partial charge in [-0.15, -0.1) is 12.4 Å². The summed E-state index contributed by atoms with van der Waals surface area (Å²) in [6.45, 7) is 6.93. The highest BCUT2D eigenvalue weighted by molar-refractivity contribution is 5.85. The molecule has 1 saturated heterocycles. The molecule has 1 aliphatic heterocycles. The fraction of sp³-hybridized carbons (Fsp3) is 0.421. The first-order valence-electron chi connectivity index (χ1n) is 9.17. The number of aromatic hydroxyl groups is 1. The summed E-state index contributed by atoms with van der Waals surface area (Å²) in [6.07, 6.45) is 1.55. The molecule has 1 fully saturated rings. The van der Waals surface area contributed by atoms with Crippen LogP contribution in [0.5, 0.6) is 5.75 Å². The molecule has 2 aromatic heterocycles. The topological polar surface area (TPSA) is 92.2 Å². The standard InChI is InChI=1S/C19H24N6O2.ClH/c1-12(2)13-4-6-14(7-5-13)25-11-16(26)17(22-25)19-21-18(23-27-19)15-10-20-8-9-24(15)3;/h4-7,11-12,15,20,26H,8-10H2,1-3H3;1H. The highest BCUT2D eigenvalue weighted by atomic mass is 35.5. The molecule has 3 heterocycles. The number of nitrogens with zero attached hydrogens (tertiary/aromatic N) is 5. The highest BCUT2D eigenvalue weighted by Gasteiger charge is 2.27. The molecule has 1 atom stereocenters. The molecular formula is C19H25ClN6O2. The quantitative estimate of drug-likeness (QED) is 0.690. The molecule has 0 spiro atoms. The van der Waals surface area contributed by atoms with E-state index in [2.05, 4.69) is 51.4 Å². The van der Waals surface area contributed by atoms with Gasteiger partial charge >= 0.3 is 0 Å². The van der Waals surface area contributed by atoms with E-state index in [1.54, 1.807) is 10.9 Å².